The quantitative estimate of drug-likeness (QED) is 0.724. The summed E-state index contributed by atoms with van der Waals surface area (Å²) in [6, 6.07) is 2.20. The Morgan fingerprint density at radius 2 is 2.08 bits per heavy atom. The van der Waals surface area contributed by atoms with Crippen molar-refractivity contribution in [3.63, 3.8) is 0 Å². The van der Waals surface area contributed by atoms with Crippen LogP contribution in [0.4, 0.5) is 5.69 Å². The molecule has 1 aromatic rings. The summed E-state index contributed by atoms with van der Waals surface area (Å²) >= 11 is 6.92. The molecule has 2 nitrogen and oxygen atoms in total. The highest BCUT2D eigenvalue weighted by Crippen LogP contribution is 2.41. The number of halogens is 2. The first-order chi connectivity index (χ1) is 6.11. The first-order valence-corrected chi connectivity index (χ1v) is 5.71. The molecule has 13 heavy (non-hydrogen) atoms. The van der Waals surface area contributed by atoms with E-state index in [9.17, 15) is 0 Å². The number of benzene rings is 1. The van der Waals surface area contributed by atoms with Gasteiger partial charge in [0.05, 0.1) is 5.69 Å². The second kappa shape index (κ2) is 3.26. The van der Waals surface area contributed by atoms with Crippen LogP contribution in [0.5, 0.6) is 0 Å². The Morgan fingerprint density at radius 3 is 2.77 bits per heavy atom. The van der Waals surface area contributed by atoms with Crippen LogP contribution in [-0.2, 0) is 6.42 Å². The maximum Gasteiger partial charge on any atom is 0.0605 e. The van der Waals surface area contributed by atoms with Gasteiger partial charge in [-0.2, -0.15) is 0 Å². The maximum atomic E-state index is 5.95. The van der Waals surface area contributed by atoms with Gasteiger partial charge in [0, 0.05) is 15.0 Å². The fourth-order valence-corrected chi connectivity index (χ4v) is 3.09. The van der Waals surface area contributed by atoms with E-state index in [1.54, 1.807) is 0 Å². The minimum absolute atomic E-state index is 0.170. The monoisotopic (exact) mass is 304 g/mol. The standard InChI is InChI=1S/C9H10Br2N2/c10-6-3-5-4(1-2-7(5)12)8(11)9(6)13/h3,7H,1-2,12-13H2. The van der Waals surface area contributed by atoms with Gasteiger partial charge in [0.1, 0.15) is 0 Å². The van der Waals surface area contributed by atoms with E-state index in [2.05, 4.69) is 31.9 Å². The van der Waals surface area contributed by atoms with Crippen molar-refractivity contribution in [3.8, 4) is 0 Å². The smallest absolute Gasteiger partial charge is 0.0605 e. The van der Waals surface area contributed by atoms with Crippen LogP contribution in [0.3, 0.4) is 0 Å². The van der Waals surface area contributed by atoms with Gasteiger partial charge in [-0.1, -0.05) is 0 Å². The van der Waals surface area contributed by atoms with Gasteiger partial charge < -0.3 is 11.5 Å². The molecule has 0 heterocycles. The van der Waals surface area contributed by atoms with Gasteiger partial charge in [-0.15, -0.1) is 0 Å². The van der Waals surface area contributed by atoms with Crippen LogP contribution in [-0.4, -0.2) is 0 Å². The van der Waals surface area contributed by atoms with Crippen molar-refractivity contribution in [1.82, 2.24) is 0 Å². The van der Waals surface area contributed by atoms with E-state index in [0.717, 1.165) is 27.5 Å². The summed E-state index contributed by atoms with van der Waals surface area (Å²) in [5, 5.41) is 0. The molecule has 0 radical (unpaired) electrons. The van der Waals surface area contributed by atoms with E-state index >= 15 is 0 Å². The molecule has 0 fully saturated rings. The summed E-state index contributed by atoms with van der Waals surface area (Å²) in [5.41, 5.74) is 15.1. The van der Waals surface area contributed by atoms with Crippen LogP contribution in [0.25, 0.3) is 0 Å². The maximum absolute atomic E-state index is 5.95. The van der Waals surface area contributed by atoms with Crippen LogP contribution < -0.4 is 11.5 Å². The molecule has 0 amide bonds. The zero-order chi connectivity index (χ0) is 9.59. The molecule has 4 heteroatoms. The predicted molar refractivity (Wildman–Crippen MR) is 61.5 cm³/mol. The first-order valence-electron chi connectivity index (χ1n) is 4.13. The van der Waals surface area contributed by atoms with E-state index in [1.807, 2.05) is 6.07 Å². The van der Waals surface area contributed by atoms with Crippen LogP contribution in [0.2, 0.25) is 0 Å². The number of hydrogen-bond donors (Lipinski definition) is 2. The molecule has 0 spiro atoms. The van der Waals surface area contributed by atoms with E-state index in [-0.39, 0.29) is 6.04 Å². The van der Waals surface area contributed by atoms with Crippen molar-refractivity contribution >= 4 is 37.5 Å². The van der Waals surface area contributed by atoms with Crippen molar-refractivity contribution in [2.24, 2.45) is 5.73 Å². The molecular weight excluding hydrogens is 296 g/mol. The summed E-state index contributed by atoms with van der Waals surface area (Å²) in [5.74, 6) is 0. The Morgan fingerprint density at radius 1 is 1.38 bits per heavy atom. The highest BCUT2D eigenvalue weighted by atomic mass is 79.9. The number of rotatable bonds is 0. The lowest BCUT2D eigenvalue weighted by atomic mass is 10.1. The Balaban J connectivity index is 2.67. The molecule has 1 atom stereocenters. The topological polar surface area (TPSA) is 52.0 Å². The first kappa shape index (κ1) is 9.49. The average molecular weight is 306 g/mol. The molecule has 0 aliphatic heterocycles. The molecule has 1 aliphatic carbocycles. The summed E-state index contributed by atoms with van der Waals surface area (Å²) in [4.78, 5) is 0. The van der Waals surface area contributed by atoms with Crippen molar-refractivity contribution in [1.29, 1.82) is 0 Å². The predicted octanol–water partition coefficient (Wildman–Crippen LogP) is 2.74. The lowest BCUT2D eigenvalue weighted by Gasteiger charge is -2.10. The Labute approximate surface area is 93.9 Å². The van der Waals surface area contributed by atoms with Gasteiger partial charge in [-0.05, 0) is 61.9 Å². The second-order valence-electron chi connectivity index (χ2n) is 3.30. The molecule has 0 bridgehead atoms. The van der Waals surface area contributed by atoms with Gasteiger partial charge in [-0.25, -0.2) is 0 Å². The van der Waals surface area contributed by atoms with Crippen molar-refractivity contribution in [3.05, 3.63) is 26.1 Å². The molecule has 0 aromatic heterocycles. The van der Waals surface area contributed by atoms with Crippen LogP contribution in [0, 0.1) is 0 Å². The van der Waals surface area contributed by atoms with Gasteiger partial charge in [-0.3, -0.25) is 0 Å². The van der Waals surface area contributed by atoms with E-state index < -0.39 is 0 Å². The second-order valence-corrected chi connectivity index (χ2v) is 4.95. The normalized spacial score (nSPS) is 20.4. The minimum Gasteiger partial charge on any atom is -0.397 e. The SMILES string of the molecule is Nc1c(Br)cc2c(c1Br)CCC2N. The Kier molecular flexibility index (Phi) is 2.38. The Bertz CT molecular complexity index is 363. The molecule has 70 valence electrons. The Hall–Kier alpha value is -0.0600. The van der Waals surface area contributed by atoms with Gasteiger partial charge in [0.2, 0.25) is 0 Å². The van der Waals surface area contributed by atoms with Gasteiger partial charge >= 0.3 is 0 Å². The van der Waals surface area contributed by atoms with E-state index in [1.165, 1.54) is 11.1 Å². The van der Waals surface area contributed by atoms with Crippen molar-refractivity contribution in [2.75, 3.05) is 5.73 Å². The molecule has 4 N–H and O–H groups in total. The number of hydrogen-bond acceptors (Lipinski definition) is 2. The molecule has 1 aliphatic rings. The number of fused-ring (bicyclic) bond motifs is 1. The third-order valence-electron chi connectivity index (χ3n) is 2.49. The number of anilines is 1. The number of nitrogens with two attached hydrogens (primary N) is 2. The largest absolute Gasteiger partial charge is 0.397 e. The molecular formula is C9H10Br2N2. The fraction of sp³-hybridized carbons (Fsp3) is 0.333. The molecule has 2 rings (SSSR count). The fourth-order valence-electron chi connectivity index (χ4n) is 1.74. The highest BCUT2D eigenvalue weighted by molar-refractivity contribution is 9.11. The van der Waals surface area contributed by atoms with Gasteiger partial charge in [0.25, 0.3) is 0 Å². The lowest BCUT2D eigenvalue weighted by Crippen LogP contribution is -2.05. The molecule has 0 saturated heterocycles. The van der Waals surface area contributed by atoms with E-state index in [4.69, 9.17) is 11.5 Å². The van der Waals surface area contributed by atoms with Crippen LogP contribution in [0.15, 0.2) is 15.0 Å². The summed E-state index contributed by atoms with van der Waals surface area (Å²) in [6.07, 6.45) is 2.04. The number of nitrogen functional groups attached to an aromatic ring is 1. The summed E-state index contributed by atoms with van der Waals surface area (Å²) < 4.78 is 1.93. The lowest BCUT2D eigenvalue weighted by molar-refractivity contribution is 0.713. The molecule has 0 saturated carbocycles. The molecule has 1 aromatic carbocycles. The van der Waals surface area contributed by atoms with Crippen LogP contribution >= 0.6 is 31.9 Å². The average Bonchev–Trinajstić information content (AvgIpc) is 2.45. The van der Waals surface area contributed by atoms with Crippen molar-refractivity contribution < 1.29 is 0 Å². The van der Waals surface area contributed by atoms with Crippen molar-refractivity contribution in [2.45, 2.75) is 18.9 Å². The van der Waals surface area contributed by atoms with Gasteiger partial charge in [0.15, 0.2) is 0 Å². The third-order valence-corrected chi connectivity index (χ3v) is 4.06. The minimum atomic E-state index is 0.170. The zero-order valence-corrected chi connectivity index (χ0v) is 10.2. The summed E-state index contributed by atoms with van der Waals surface area (Å²) in [6.45, 7) is 0. The zero-order valence-electron chi connectivity index (χ0n) is 6.98. The third kappa shape index (κ3) is 1.41. The highest BCUT2D eigenvalue weighted by Gasteiger charge is 2.23. The molecule has 1 unspecified atom stereocenters. The van der Waals surface area contributed by atoms with Crippen LogP contribution in [0.1, 0.15) is 23.6 Å². The summed E-state index contributed by atoms with van der Waals surface area (Å²) in [7, 11) is 0. The van der Waals surface area contributed by atoms with E-state index in [0.29, 0.717) is 0 Å².